The third-order valence-corrected chi connectivity index (χ3v) is 5.92. The third-order valence-electron chi connectivity index (χ3n) is 5.92. The topological polar surface area (TPSA) is 73.6 Å². The maximum absolute atomic E-state index is 13.0. The van der Waals surface area contributed by atoms with Gasteiger partial charge in [-0.1, -0.05) is 66.7 Å². The van der Waals surface area contributed by atoms with Gasteiger partial charge in [-0.15, -0.1) is 0 Å². The lowest BCUT2D eigenvalue weighted by atomic mass is 9.73. The fourth-order valence-electron chi connectivity index (χ4n) is 4.43. The average Bonchev–Trinajstić information content (AvgIpc) is 2.80. The lowest BCUT2D eigenvalue weighted by molar-refractivity contribution is -0.146. The molecule has 1 saturated heterocycles. The number of hydrogen-bond donors (Lipinski definition) is 1. The fourth-order valence-corrected chi connectivity index (χ4v) is 4.43. The van der Waals surface area contributed by atoms with Gasteiger partial charge in [0.25, 0.3) is 0 Å². The number of likely N-dealkylation sites (tertiary alicyclic amines) is 1. The summed E-state index contributed by atoms with van der Waals surface area (Å²) in [5.74, 6) is 0.333. The highest BCUT2D eigenvalue weighted by Crippen LogP contribution is 2.44. The van der Waals surface area contributed by atoms with Gasteiger partial charge in [-0.05, 0) is 34.4 Å². The highest BCUT2D eigenvalue weighted by molar-refractivity contribution is 5.82. The van der Waals surface area contributed by atoms with Crippen LogP contribution in [-0.2, 0) is 11.2 Å². The van der Waals surface area contributed by atoms with E-state index in [-0.39, 0.29) is 24.9 Å². The molecular formula is C26H24N2O3. The molecule has 0 bridgehead atoms. The van der Waals surface area contributed by atoms with Gasteiger partial charge in [-0.3, -0.25) is 4.79 Å². The summed E-state index contributed by atoms with van der Waals surface area (Å²) in [4.78, 5) is 14.5. The van der Waals surface area contributed by atoms with E-state index in [1.165, 1.54) is 0 Å². The molecule has 0 unspecified atom stereocenters. The maximum atomic E-state index is 13.0. The van der Waals surface area contributed by atoms with Crippen LogP contribution in [0, 0.1) is 11.3 Å². The second-order valence-electron chi connectivity index (χ2n) is 7.63. The van der Waals surface area contributed by atoms with Gasteiger partial charge in [0.15, 0.2) is 0 Å². The second-order valence-corrected chi connectivity index (χ2v) is 7.63. The molecule has 0 aromatic heterocycles. The first kappa shape index (κ1) is 20.6. The van der Waals surface area contributed by atoms with Crippen LogP contribution < -0.4 is 4.74 Å². The minimum atomic E-state index is -0.625. The highest BCUT2D eigenvalue weighted by Gasteiger charge is 2.52. The van der Waals surface area contributed by atoms with Crippen LogP contribution >= 0.6 is 0 Å². The lowest BCUT2D eigenvalue weighted by Gasteiger charge is -2.52. The highest BCUT2D eigenvalue weighted by atomic mass is 16.5. The summed E-state index contributed by atoms with van der Waals surface area (Å²) < 4.78 is 5.36. The van der Waals surface area contributed by atoms with Gasteiger partial charge in [-0.2, -0.15) is 5.26 Å². The Morgan fingerprint density at radius 3 is 2.52 bits per heavy atom. The van der Waals surface area contributed by atoms with Gasteiger partial charge in [-0.25, -0.2) is 0 Å². The summed E-state index contributed by atoms with van der Waals surface area (Å²) in [6, 6.07) is 26.3. The lowest BCUT2D eigenvalue weighted by Crippen LogP contribution is -2.65. The molecule has 156 valence electrons. The molecule has 1 N–H and O–H groups in total. The zero-order chi connectivity index (χ0) is 21.8. The number of benzene rings is 3. The van der Waals surface area contributed by atoms with E-state index < -0.39 is 12.1 Å². The number of hydrogen-bond acceptors (Lipinski definition) is 4. The number of nitriles is 1. The number of rotatable bonds is 6. The van der Waals surface area contributed by atoms with Crippen molar-refractivity contribution in [2.24, 2.45) is 0 Å². The van der Waals surface area contributed by atoms with Crippen LogP contribution in [0.4, 0.5) is 0 Å². The van der Waals surface area contributed by atoms with E-state index >= 15 is 0 Å². The molecule has 3 atom stereocenters. The number of ether oxygens (including phenoxy) is 1. The molecule has 4 rings (SSSR count). The first-order valence-electron chi connectivity index (χ1n) is 10.3. The molecule has 0 spiro atoms. The smallest absolute Gasteiger partial charge is 0.228 e. The molecule has 3 aromatic carbocycles. The quantitative estimate of drug-likeness (QED) is 0.669. The summed E-state index contributed by atoms with van der Waals surface area (Å²) in [6.45, 7) is -0.199. The summed E-state index contributed by atoms with van der Waals surface area (Å²) >= 11 is 0. The van der Waals surface area contributed by atoms with Gasteiger partial charge >= 0.3 is 0 Å². The minimum Gasteiger partial charge on any atom is -0.497 e. The van der Waals surface area contributed by atoms with Crippen molar-refractivity contribution in [1.82, 2.24) is 4.90 Å². The normalized spacial score (nSPS) is 19.9. The molecule has 1 aliphatic rings. The van der Waals surface area contributed by atoms with Crippen molar-refractivity contribution in [2.75, 3.05) is 13.7 Å². The van der Waals surface area contributed by atoms with E-state index in [1.54, 1.807) is 12.0 Å². The Labute approximate surface area is 182 Å². The molecule has 1 amide bonds. The molecule has 0 aliphatic carbocycles. The summed E-state index contributed by atoms with van der Waals surface area (Å²) in [5.41, 5.74) is 3.78. The maximum Gasteiger partial charge on any atom is 0.228 e. The van der Waals surface area contributed by atoms with Gasteiger partial charge in [0.05, 0.1) is 32.2 Å². The van der Waals surface area contributed by atoms with Crippen molar-refractivity contribution in [3.05, 3.63) is 90.0 Å². The zero-order valence-corrected chi connectivity index (χ0v) is 17.3. The van der Waals surface area contributed by atoms with Crippen LogP contribution in [0.5, 0.6) is 5.75 Å². The van der Waals surface area contributed by atoms with E-state index in [1.807, 2.05) is 78.9 Å². The van der Waals surface area contributed by atoms with E-state index in [0.717, 1.165) is 28.0 Å². The fraction of sp³-hybridized carbons (Fsp3) is 0.231. The van der Waals surface area contributed by atoms with Crippen LogP contribution in [0.2, 0.25) is 0 Å². The molecule has 1 heterocycles. The van der Waals surface area contributed by atoms with Gasteiger partial charge < -0.3 is 14.7 Å². The Bertz CT molecular complexity index is 1110. The SMILES string of the molecule is COc1cccc(-c2ccccc2[C@H]2[C@@H](C#N)N(C(=O)Cc3ccccc3)[C@H]2CO)c1. The number of amides is 1. The standard InChI is InChI=1S/C26H24N2O3/c1-31-20-11-7-10-19(15-20)21-12-5-6-13-22(21)26-23(16-27)28(24(26)17-29)25(30)14-18-8-3-2-4-9-18/h2-13,15,23-24,26,29H,14,17H2,1H3/t23-,24+,26+/m1/s1. The predicted octanol–water partition coefficient (Wildman–Crippen LogP) is 3.78. The van der Waals surface area contributed by atoms with Crippen molar-refractivity contribution in [2.45, 2.75) is 24.4 Å². The first-order valence-corrected chi connectivity index (χ1v) is 10.3. The van der Waals surface area contributed by atoms with Gasteiger partial charge in [0, 0.05) is 5.92 Å². The van der Waals surface area contributed by atoms with Gasteiger partial charge in [0.2, 0.25) is 5.91 Å². The van der Waals surface area contributed by atoms with E-state index in [2.05, 4.69) is 6.07 Å². The number of aliphatic hydroxyl groups is 1. The van der Waals surface area contributed by atoms with Crippen molar-refractivity contribution in [3.63, 3.8) is 0 Å². The summed E-state index contributed by atoms with van der Waals surface area (Å²) in [6.07, 6.45) is 0.208. The average molecular weight is 412 g/mol. The predicted molar refractivity (Wildman–Crippen MR) is 118 cm³/mol. The van der Waals surface area contributed by atoms with Crippen molar-refractivity contribution in [1.29, 1.82) is 5.26 Å². The largest absolute Gasteiger partial charge is 0.497 e. The Hall–Kier alpha value is -3.62. The Balaban J connectivity index is 1.66. The van der Waals surface area contributed by atoms with Crippen molar-refractivity contribution >= 4 is 5.91 Å². The van der Waals surface area contributed by atoms with Crippen LogP contribution in [0.25, 0.3) is 11.1 Å². The Kier molecular flexibility index (Phi) is 6.01. The number of carbonyl (C=O) groups is 1. The number of methoxy groups -OCH3 is 1. The van der Waals surface area contributed by atoms with Crippen LogP contribution in [-0.4, -0.2) is 41.7 Å². The first-order chi connectivity index (χ1) is 15.2. The van der Waals surface area contributed by atoms with E-state index in [0.29, 0.717) is 0 Å². The van der Waals surface area contributed by atoms with Crippen LogP contribution in [0.1, 0.15) is 17.0 Å². The molecular weight excluding hydrogens is 388 g/mol. The monoisotopic (exact) mass is 412 g/mol. The molecule has 3 aromatic rings. The van der Waals surface area contributed by atoms with Gasteiger partial charge in [0.1, 0.15) is 11.8 Å². The number of nitrogens with zero attached hydrogens (tertiary/aromatic N) is 2. The summed E-state index contributed by atoms with van der Waals surface area (Å²) in [5, 5.41) is 20.1. The molecule has 5 nitrogen and oxygen atoms in total. The number of aliphatic hydroxyl groups excluding tert-OH is 1. The zero-order valence-electron chi connectivity index (χ0n) is 17.3. The van der Waals surface area contributed by atoms with Crippen molar-refractivity contribution < 1.29 is 14.6 Å². The molecule has 0 saturated carbocycles. The second kappa shape index (κ2) is 9.03. The van der Waals surface area contributed by atoms with Crippen LogP contribution in [0.3, 0.4) is 0 Å². The summed E-state index contributed by atoms with van der Waals surface area (Å²) in [7, 11) is 1.63. The molecule has 1 fully saturated rings. The third kappa shape index (κ3) is 3.90. The number of carbonyl (C=O) groups excluding carboxylic acids is 1. The Morgan fingerprint density at radius 2 is 1.81 bits per heavy atom. The molecule has 31 heavy (non-hydrogen) atoms. The molecule has 0 radical (unpaired) electrons. The molecule has 5 heteroatoms. The van der Waals surface area contributed by atoms with Crippen LogP contribution in [0.15, 0.2) is 78.9 Å². The van der Waals surface area contributed by atoms with E-state index in [9.17, 15) is 15.2 Å². The minimum absolute atomic E-state index is 0.146. The van der Waals surface area contributed by atoms with E-state index in [4.69, 9.17) is 4.74 Å². The van der Waals surface area contributed by atoms with Crippen molar-refractivity contribution in [3.8, 4) is 22.9 Å². The Morgan fingerprint density at radius 1 is 1.06 bits per heavy atom. The molecule has 1 aliphatic heterocycles.